The van der Waals surface area contributed by atoms with Crippen LogP contribution in [0.25, 0.3) is 0 Å². The highest BCUT2D eigenvalue weighted by Gasteiger charge is 2.12. The molecule has 1 amide bonds. The third-order valence-corrected chi connectivity index (χ3v) is 5.44. The van der Waals surface area contributed by atoms with E-state index in [0.29, 0.717) is 25.2 Å². The van der Waals surface area contributed by atoms with Crippen molar-refractivity contribution in [1.82, 2.24) is 10.6 Å². The maximum atomic E-state index is 12.6. The molecule has 0 radical (unpaired) electrons. The van der Waals surface area contributed by atoms with Crippen molar-refractivity contribution in [3.8, 4) is 5.75 Å². The van der Waals surface area contributed by atoms with E-state index in [1.54, 1.807) is 24.3 Å². The summed E-state index contributed by atoms with van der Waals surface area (Å²) < 4.78 is 0. The highest BCUT2D eigenvalue weighted by Crippen LogP contribution is 2.17. The van der Waals surface area contributed by atoms with Crippen LogP contribution in [0.15, 0.2) is 72.3 Å². The fraction of sp³-hybridized carbons (Fsp3) is 0.346. The van der Waals surface area contributed by atoms with E-state index in [2.05, 4.69) is 28.9 Å². The van der Waals surface area contributed by atoms with E-state index in [-0.39, 0.29) is 11.7 Å². The van der Waals surface area contributed by atoms with Gasteiger partial charge >= 0.3 is 0 Å². The van der Waals surface area contributed by atoms with Crippen LogP contribution < -0.4 is 10.6 Å². The minimum atomic E-state index is -0.685. The summed E-state index contributed by atoms with van der Waals surface area (Å²) in [7, 11) is 0. The first kappa shape index (κ1) is 22.8. The average molecular weight is 421 g/mol. The summed E-state index contributed by atoms with van der Waals surface area (Å²) in [6.07, 6.45) is 11.4. The predicted octanol–water partition coefficient (Wildman–Crippen LogP) is 4.39. The number of rotatable bonds is 11. The number of hydrogen-bond donors (Lipinski definition) is 4. The van der Waals surface area contributed by atoms with Gasteiger partial charge in [0.05, 0.1) is 6.10 Å². The van der Waals surface area contributed by atoms with Gasteiger partial charge in [-0.05, 0) is 61.4 Å². The number of phenols is 1. The molecule has 1 aliphatic rings. The maximum Gasteiger partial charge on any atom is 0.251 e. The van der Waals surface area contributed by atoms with Gasteiger partial charge in [-0.3, -0.25) is 4.79 Å². The molecule has 0 aliphatic heterocycles. The van der Waals surface area contributed by atoms with Crippen LogP contribution in [0, 0.1) is 0 Å². The number of aliphatic hydroxyl groups excluding tert-OH is 1. The second-order valence-corrected chi connectivity index (χ2v) is 7.87. The molecule has 0 spiro atoms. The molecule has 0 saturated heterocycles. The molecule has 5 nitrogen and oxygen atoms in total. The fourth-order valence-corrected chi connectivity index (χ4v) is 3.66. The quantitative estimate of drug-likeness (QED) is 0.406. The number of aliphatic hydroxyl groups is 1. The largest absolute Gasteiger partial charge is 0.508 e. The first-order valence-corrected chi connectivity index (χ1v) is 11.0. The Bertz CT molecular complexity index is 903. The van der Waals surface area contributed by atoms with Gasteiger partial charge in [-0.25, -0.2) is 0 Å². The summed E-state index contributed by atoms with van der Waals surface area (Å²) in [6, 6.07) is 14.1. The van der Waals surface area contributed by atoms with Gasteiger partial charge in [0.25, 0.3) is 5.91 Å². The summed E-state index contributed by atoms with van der Waals surface area (Å²) in [5.41, 5.74) is 3.70. The van der Waals surface area contributed by atoms with Crippen molar-refractivity contribution in [2.75, 3.05) is 13.1 Å². The van der Waals surface area contributed by atoms with Crippen LogP contribution in [0.2, 0.25) is 0 Å². The fourth-order valence-electron chi connectivity index (χ4n) is 3.66. The van der Waals surface area contributed by atoms with Gasteiger partial charge in [0.2, 0.25) is 0 Å². The van der Waals surface area contributed by atoms with Gasteiger partial charge in [-0.1, -0.05) is 54.1 Å². The monoisotopic (exact) mass is 420 g/mol. The van der Waals surface area contributed by atoms with Crippen molar-refractivity contribution in [1.29, 1.82) is 0 Å². The number of allylic oxidation sites excluding steroid dienone is 4. The number of unbranched alkanes of at least 4 members (excludes halogenated alkanes) is 1. The molecule has 1 unspecified atom stereocenters. The lowest BCUT2D eigenvalue weighted by Gasteiger charge is -2.14. The van der Waals surface area contributed by atoms with Crippen LogP contribution in [0.4, 0.5) is 0 Å². The average Bonchev–Trinajstić information content (AvgIpc) is 2.80. The number of carbonyl (C=O) groups is 1. The van der Waals surface area contributed by atoms with Gasteiger partial charge in [0, 0.05) is 25.2 Å². The predicted molar refractivity (Wildman–Crippen MR) is 124 cm³/mol. The van der Waals surface area contributed by atoms with Crippen molar-refractivity contribution >= 4 is 5.91 Å². The zero-order valence-corrected chi connectivity index (χ0v) is 17.9. The SMILES string of the molecule is O=C(NCCCCC1=CCCC=C1)c1ccccc1CNCC(O)c1ccc(O)cc1. The third-order valence-electron chi connectivity index (χ3n) is 5.44. The van der Waals surface area contributed by atoms with Crippen LogP contribution in [-0.2, 0) is 6.54 Å². The third kappa shape index (κ3) is 7.39. The van der Waals surface area contributed by atoms with Crippen molar-refractivity contribution < 1.29 is 15.0 Å². The van der Waals surface area contributed by atoms with E-state index < -0.39 is 6.10 Å². The van der Waals surface area contributed by atoms with Gasteiger partial charge < -0.3 is 20.8 Å². The van der Waals surface area contributed by atoms with Crippen molar-refractivity contribution in [2.45, 2.75) is 44.8 Å². The number of nitrogens with one attached hydrogen (secondary N) is 2. The zero-order chi connectivity index (χ0) is 21.9. The number of phenolic OH excluding ortho intramolecular Hbond substituents is 1. The Morgan fingerprint density at radius 1 is 1.03 bits per heavy atom. The second kappa shape index (κ2) is 12.1. The number of benzene rings is 2. The van der Waals surface area contributed by atoms with E-state index in [1.807, 2.05) is 24.3 Å². The van der Waals surface area contributed by atoms with Crippen molar-refractivity contribution in [3.63, 3.8) is 0 Å². The standard InChI is InChI=1S/C26H32N2O3/c29-23-15-13-21(14-16-23)25(30)19-27-18-22-11-4-5-12-24(22)26(31)28-17-7-6-10-20-8-2-1-3-9-20/h2,4-5,8-9,11-16,25,27,29-30H,1,3,6-7,10,17-19H2,(H,28,31). The van der Waals surface area contributed by atoms with Crippen LogP contribution in [0.5, 0.6) is 5.75 Å². The first-order valence-electron chi connectivity index (χ1n) is 11.0. The number of amides is 1. The second-order valence-electron chi connectivity index (χ2n) is 7.87. The number of aromatic hydroxyl groups is 1. The van der Waals surface area contributed by atoms with E-state index in [0.717, 1.165) is 43.2 Å². The molecular weight excluding hydrogens is 388 g/mol. The lowest BCUT2D eigenvalue weighted by atomic mass is 10.0. The Morgan fingerprint density at radius 2 is 1.84 bits per heavy atom. The summed E-state index contributed by atoms with van der Waals surface area (Å²) in [4.78, 5) is 12.6. The topological polar surface area (TPSA) is 81.6 Å². The normalized spacial score (nSPS) is 14.2. The van der Waals surface area contributed by atoms with Gasteiger partial charge in [-0.2, -0.15) is 0 Å². The molecule has 2 aromatic carbocycles. The lowest BCUT2D eigenvalue weighted by Crippen LogP contribution is -2.27. The van der Waals surface area contributed by atoms with Crippen LogP contribution in [0.1, 0.15) is 59.7 Å². The summed E-state index contributed by atoms with van der Waals surface area (Å²) >= 11 is 0. The number of hydrogen-bond acceptors (Lipinski definition) is 4. The van der Waals surface area contributed by atoms with Gasteiger partial charge in [0.15, 0.2) is 0 Å². The summed E-state index contributed by atoms with van der Waals surface area (Å²) in [5.74, 6) is 0.111. The molecule has 164 valence electrons. The highest BCUT2D eigenvalue weighted by molar-refractivity contribution is 5.95. The summed E-state index contributed by atoms with van der Waals surface area (Å²) in [5, 5.41) is 25.9. The number of carbonyl (C=O) groups excluding carboxylic acids is 1. The Morgan fingerprint density at radius 3 is 2.61 bits per heavy atom. The van der Waals surface area contributed by atoms with Gasteiger partial charge in [-0.15, -0.1) is 0 Å². The van der Waals surface area contributed by atoms with Crippen molar-refractivity contribution in [2.24, 2.45) is 0 Å². The van der Waals surface area contributed by atoms with E-state index >= 15 is 0 Å². The molecule has 0 heterocycles. The van der Waals surface area contributed by atoms with Crippen molar-refractivity contribution in [3.05, 3.63) is 89.0 Å². The zero-order valence-electron chi connectivity index (χ0n) is 17.9. The molecule has 0 saturated carbocycles. The molecule has 1 aliphatic carbocycles. The van der Waals surface area contributed by atoms with Crippen LogP contribution in [0.3, 0.4) is 0 Å². The molecular formula is C26H32N2O3. The Labute approximate surface area is 184 Å². The molecule has 4 N–H and O–H groups in total. The minimum absolute atomic E-state index is 0.0618. The minimum Gasteiger partial charge on any atom is -0.508 e. The molecule has 0 aromatic heterocycles. The first-order chi connectivity index (χ1) is 15.1. The van der Waals surface area contributed by atoms with E-state index in [4.69, 9.17) is 0 Å². The van der Waals surface area contributed by atoms with Crippen LogP contribution >= 0.6 is 0 Å². The smallest absolute Gasteiger partial charge is 0.251 e. The highest BCUT2D eigenvalue weighted by atomic mass is 16.3. The molecule has 3 rings (SSSR count). The molecule has 0 bridgehead atoms. The summed E-state index contributed by atoms with van der Waals surface area (Å²) in [6.45, 7) is 1.50. The maximum absolute atomic E-state index is 12.6. The Hall–Kier alpha value is -2.89. The molecule has 2 aromatic rings. The molecule has 5 heteroatoms. The van der Waals surface area contributed by atoms with Gasteiger partial charge in [0.1, 0.15) is 5.75 Å². The van der Waals surface area contributed by atoms with E-state index in [9.17, 15) is 15.0 Å². The van der Waals surface area contributed by atoms with E-state index in [1.165, 1.54) is 5.57 Å². The van der Waals surface area contributed by atoms with Crippen LogP contribution in [-0.4, -0.2) is 29.2 Å². The molecule has 31 heavy (non-hydrogen) atoms. The lowest BCUT2D eigenvalue weighted by molar-refractivity contribution is 0.0952. The molecule has 0 fully saturated rings. The molecule has 1 atom stereocenters. The Balaban J connectivity index is 1.42. The Kier molecular flexibility index (Phi) is 8.88.